The van der Waals surface area contributed by atoms with Crippen LogP contribution in [0.4, 0.5) is 4.39 Å². The molecule has 2 N–H and O–H groups in total. The fourth-order valence-electron chi connectivity index (χ4n) is 4.01. The summed E-state index contributed by atoms with van der Waals surface area (Å²) in [4.78, 5) is 4.84. The number of nitrogens with zero attached hydrogens (tertiary/aromatic N) is 1. The van der Waals surface area contributed by atoms with Gasteiger partial charge in [0.2, 0.25) is 0 Å². The Morgan fingerprint density at radius 3 is 2.60 bits per heavy atom. The molecule has 2 bridgehead atoms. The normalized spacial score (nSPS) is 29.2. The van der Waals surface area contributed by atoms with Gasteiger partial charge in [-0.2, -0.15) is 0 Å². The van der Waals surface area contributed by atoms with E-state index in [0.29, 0.717) is 18.2 Å². The van der Waals surface area contributed by atoms with Gasteiger partial charge in [0.25, 0.3) is 0 Å². The average Bonchev–Trinajstić information content (AvgIpc) is 3.08. The summed E-state index contributed by atoms with van der Waals surface area (Å²) in [6.45, 7) is 3.67. The number of fused-ring (bicyclic) bond motifs is 2. The molecule has 2 saturated heterocycles. The predicted octanol–water partition coefficient (Wildman–Crippen LogP) is 3.35. The summed E-state index contributed by atoms with van der Waals surface area (Å²) in [6.07, 6.45) is 6.46. The lowest BCUT2D eigenvalue weighted by Gasteiger charge is -2.23. The molecule has 0 spiro atoms. The van der Waals surface area contributed by atoms with Crippen molar-refractivity contribution in [3.8, 4) is 0 Å². The zero-order valence-electron chi connectivity index (χ0n) is 14.6. The summed E-state index contributed by atoms with van der Waals surface area (Å²) in [5.74, 6) is 0.705. The molecule has 3 aliphatic rings. The number of aliphatic imine (C=N–C) groups is 1. The van der Waals surface area contributed by atoms with Gasteiger partial charge in [-0.3, -0.25) is 4.99 Å². The van der Waals surface area contributed by atoms with Gasteiger partial charge in [-0.05, 0) is 56.7 Å². The molecule has 1 aliphatic carbocycles. The molecular formula is C19H27FIN3O. The zero-order valence-corrected chi connectivity index (χ0v) is 17.0. The van der Waals surface area contributed by atoms with E-state index < -0.39 is 0 Å². The van der Waals surface area contributed by atoms with Gasteiger partial charge in [0.05, 0.1) is 24.8 Å². The summed E-state index contributed by atoms with van der Waals surface area (Å²) in [5.41, 5.74) is 1.30. The maximum atomic E-state index is 13.2. The van der Waals surface area contributed by atoms with E-state index in [2.05, 4.69) is 17.6 Å². The van der Waals surface area contributed by atoms with Crippen molar-refractivity contribution in [2.75, 3.05) is 13.1 Å². The van der Waals surface area contributed by atoms with E-state index >= 15 is 0 Å². The van der Waals surface area contributed by atoms with Crippen molar-refractivity contribution >= 4 is 29.9 Å². The van der Waals surface area contributed by atoms with E-state index in [9.17, 15) is 4.39 Å². The molecule has 1 aromatic carbocycles. The number of rotatable bonds is 5. The third-order valence-electron chi connectivity index (χ3n) is 5.62. The molecule has 0 radical (unpaired) electrons. The van der Waals surface area contributed by atoms with E-state index in [1.807, 2.05) is 12.1 Å². The minimum absolute atomic E-state index is 0. The first-order valence-corrected chi connectivity index (χ1v) is 9.15. The molecule has 3 atom stereocenters. The Balaban J connectivity index is 0.00000182. The van der Waals surface area contributed by atoms with E-state index in [0.717, 1.165) is 44.7 Å². The van der Waals surface area contributed by atoms with Crippen LogP contribution >= 0.6 is 24.0 Å². The molecule has 3 unspecified atom stereocenters. The molecular weight excluding hydrogens is 432 g/mol. The fourth-order valence-corrected chi connectivity index (χ4v) is 4.01. The lowest BCUT2D eigenvalue weighted by Crippen LogP contribution is -2.47. The molecule has 1 aromatic rings. The highest BCUT2D eigenvalue weighted by molar-refractivity contribution is 14.0. The van der Waals surface area contributed by atoms with Gasteiger partial charge >= 0.3 is 0 Å². The summed E-state index contributed by atoms with van der Waals surface area (Å²) < 4.78 is 19.1. The van der Waals surface area contributed by atoms with Gasteiger partial charge in [-0.1, -0.05) is 12.1 Å². The molecule has 1 saturated carbocycles. The molecule has 2 aliphatic heterocycles. The number of benzene rings is 1. The number of halogens is 2. The molecule has 6 heteroatoms. The van der Waals surface area contributed by atoms with Crippen molar-refractivity contribution < 1.29 is 9.13 Å². The third kappa shape index (κ3) is 4.10. The highest BCUT2D eigenvalue weighted by atomic mass is 127. The predicted molar refractivity (Wildman–Crippen MR) is 108 cm³/mol. The quantitative estimate of drug-likeness (QED) is 0.404. The van der Waals surface area contributed by atoms with Crippen LogP contribution < -0.4 is 10.6 Å². The number of hydrogen-bond donors (Lipinski definition) is 2. The van der Waals surface area contributed by atoms with Gasteiger partial charge in [0.15, 0.2) is 5.96 Å². The third-order valence-corrected chi connectivity index (χ3v) is 5.62. The smallest absolute Gasteiger partial charge is 0.191 e. The standard InChI is InChI=1S/C19H26FN3O.HI/c1-2-21-18(23-16-11-15-7-8-17(16)24-15)22-12-19(9-10-19)13-3-5-14(20)6-4-13;/h3-6,15-17H,2,7-12H2,1H3,(H2,21,22,23);1H. The molecule has 4 rings (SSSR count). The first-order valence-electron chi connectivity index (χ1n) is 9.15. The Morgan fingerprint density at radius 1 is 1.28 bits per heavy atom. The van der Waals surface area contributed by atoms with Gasteiger partial charge in [-0.25, -0.2) is 4.39 Å². The van der Waals surface area contributed by atoms with E-state index in [-0.39, 0.29) is 35.2 Å². The van der Waals surface area contributed by atoms with Crippen LogP contribution in [0.5, 0.6) is 0 Å². The zero-order chi connectivity index (χ0) is 16.6. The van der Waals surface area contributed by atoms with Gasteiger partial charge in [-0.15, -0.1) is 24.0 Å². The number of nitrogens with one attached hydrogen (secondary N) is 2. The minimum atomic E-state index is -0.177. The lowest BCUT2D eigenvalue weighted by atomic mass is 9.95. The van der Waals surface area contributed by atoms with E-state index in [4.69, 9.17) is 9.73 Å². The second kappa shape index (κ2) is 7.78. The van der Waals surface area contributed by atoms with Crippen molar-refractivity contribution in [1.82, 2.24) is 10.6 Å². The molecule has 4 nitrogen and oxygen atoms in total. The van der Waals surface area contributed by atoms with E-state index in [1.165, 1.54) is 12.0 Å². The van der Waals surface area contributed by atoms with Gasteiger partial charge < -0.3 is 15.4 Å². The van der Waals surface area contributed by atoms with Crippen LogP contribution in [-0.2, 0) is 10.2 Å². The number of guanidine groups is 1. The van der Waals surface area contributed by atoms with Gasteiger partial charge in [0, 0.05) is 12.0 Å². The molecule has 138 valence electrons. The van der Waals surface area contributed by atoms with Crippen LogP contribution in [0.3, 0.4) is 0 Å². The number of ether oxygens (including phenoxy) is 1. The Morgan fingerprint density at radius 2 is 2.04 bits per heavy atom. The summed E-state index contributed by atoms with van der Waals surface area (Å²) >= 11 is 0. The van der Waals surface area contributed by atoms with Crippen LogP contribution in [0, 0.1) is 5.82 Å². The van der Waals surface area contributed by atoms with Crippen LogP contribution in [0.2, 0.25) is 0 Å². The highest BCUT2D eigenvalue weighted by Crippen LogP contribution is 2.48. The van der Waals surface area contributed by atoms with Crippen LogP contribution in [0.25, 0.3) is 0 Å². The second-order valence-electron chi connectivity index (χ2n) is 7.34. The molecule has 0 aromatic heterocycles. The van der Waals surface area contributed by atoms with E-state index in [1.54, 1.807) is 12.1 Å². The highest BCUT2D eigenvalue weighted by Gasteiger charge is 2.44. The van der Waals surface area contributed by atoms with Crippen molar-refractivity contribution in [3.05, 3.63) is 35.6 Å². The maximum Gasteiger partial charge on any atom is 0.191 e. The molecule has 3 fully saturated rings. The first-order chi connectivity index (χ1) is 11.7. The molecule has 2 heterocycles. The van der Waals surface area contributed by atoms with Crippen LogP contribution in [0.1, 0.15) is 44.6 Å². The lowest BCUT2D eigenvalue weighted by molar-refractivity contribution is 0.0992. The van der Waals surface area contributed by atoms with Crippen LogP contribution in [0.15, 0.2) is 29.3 Å². The van der Waals surface area contributed by atoms with Crippen LogP contribution in [-0.4, -0.2) is 37.3 Å². The Kier molecular flexibility index (Phi) is 5.88. The van der Waals surface area contributed by atoms with Crippen molar-refractivity contribution in [1.29, 1.82) is 0 Å². The first kappa shape index (κ1) is 18.9. The Labute approximate surface area is 166 Å². The Hall–Kier alpha value is -0.890. The average molecular weight is 459 g/mol. The second-order valence-corrected chi connectivity index (χ2v) is 7.34. The van der Waals surface area contributed by atoms with Crippen molar-refractivity contribution in [2.45, 2.75) is 62.7 Å². The van der Waals surface area contributed by atoms with Crippen molar-refractivity contribution in [2.24, 2.45) is 4.99 Å². The molecule has 25 heavy (non-hydrogen) atoms. The largest absolute Gasteiger partial charge is 0.373 e. The van der Waals surface area contributed by atoms with Gasteiger partial charge in [0.1, 0.15) is 5.82 Å². The Bertz CT molecular complexity index is 618. The summed E-state index contributed by atoms with van der Waals surface area (Å²) in [5, 5.41) is 6.92. The summed E-state index contributed by atoms with van der Waals surface area (Å²) in [7, 11) is 0. The number of hydrogen-bond acceptors (Lipinski definition) is 2. The molecule has 0 amide bonds. The SMILES string of the molecule is CCNC(=NCC1(c2ccc(F)cc2)CC1)NC1CC2CCC1O2.I. The fraction of sp³-hybridized carbons (Fsp3) is 0.632. The minimum Gasteiger partial charge on any atom is -0.373 e. The van der Waals surface area contributed by atoms with Crippen molar-refractivity contribution in [3.63, 3.8) is 0 Å². The summed E-state index contributed by atoms with van der Waals surface area (Å²) in [6, 6.07) is 7.29. The monoisotopic (exact) mass is 459 g/mol. The topological polar surface area (TPSA) is 45.7 Å². The maximum absolute atomic E-state index is 13.2.